The largest absolute Gasteiger partial charge is 0.497 e. The van der Waals surface area contributed by atoms with Crippen molar-refractivity contribution >= 4 is 22.8 Å². The van der Waals surface area contributed by atoms with Crippen LogP contribution in [0.1, 0.15) is 48.8 Å². The van der Waals surface area contributed by atoms with Gasteiger partial charge in [0.1, 0.15) is 17.9 Å². The van der Waals surface area contributed by atoms with Gasteiger partial charge in [-0.25, -0.2) is 14.6 Å². The van der Waals surface area contributed by atoms with Crippen LogP contribution in [0.3, 0.4) is 0 Å². The Kier molecular flexibility index (Phi) is 9.59. The van der Waals surface area contributed by atoms with Gasteiger partial charge < -0.3 is 29.7 Å². The molecule has 49 heavy (non-hydrogen) atoms. The summed E-state index contributed by atoms with van der Waals surface area (Å²) in [4.78, 5) is 30.2. The van der Waals surface area contributed by atoms with Gasteiger partial charge >= 0.3 is 0 Å². The summed E-state index contributed by atoms with van der Waals surface area (Å²) in [6, 6.07) is 12.3. The number of rotatable bonds is 10. The molecule has 0 bridgehead atoms. The van der Waals surface area contributed by atoms with E-state index in [1.807, 2.05) is 29.1 Å². The molecule has 3 aliphatic rings. The molecule has 1 saturated carbocycles. The quantitative estimate of drug-likeness (QED) is 0.267. The van der Waals surface area contributed by atoms with Crippen LogP contribution in [0, 0.1) is 5.92 Å². The van der Waals surface area contributed by atoms with Gasteiger partial charge in [-0.15, -0.1) is 0 Å². The highest BCUT2D eigenvalue weighted by molar-refractivity contribution is 5.87. The number of carbonyl (C=O) groups is 1. The average molecular weight is 669 g/mol. The zero-order valence-corrected chi connectivity index (χ0v) is 28.9. The van der Waals surface area contributed by atoms with Gasteiger partial charge in [0.15, 0.2) is 17.1 Å². The van der Waals surface area contributed by atoms with Gasteiger partial charge in [0.25, 0.3) is 0 Å². The van der Waals surface area contributed by atoms with Gasteiger partial charge in [-0.2, -0.15) is 5.10 Å². The van der Waals surface area contributed by atoms with Crippen LogP contribution in [0.25, 0.3) is 11.0 Å². The van der Waals surface area contributed by atoms with E-state index < -0.39 is 0 Å². The van der Waals surface area contributed by atoms with Crippen molar-refractivity contribution < 1.29 is 19.0 Å². The number of nitrogens with zero attached hydrogens (tertiary/aromatic N) is 7. The van der Waals surface area contributed by atoms with Crippen molar-refractivity contribution in [1.29, 1.82) is 0 Å². The molecule has 260 valence electrons. The second-order valence-corrected chi connectivity index (χ2v) is 13.5. The summed E-state index contributed by atoms with van der Waals surface area (Å²) >= 11 is 0. The molecule has 12 heteroatoms. The van der Waals surface area contributed by atoms with Crippen molar-refractivity contribution in [1.82, 2.24) is 29.5 Å². The fraction of sp³-hybridized carbons (Fsp3) is 0.514. The van der Waals surface area contributed by atoms with Crippen molar-refractivity contribution in [2.45, 2.75) is 50.6 Å². The standard InChI is InChI=1S/C37H48N8O4/c1-47-29-7-4-6-26(20-29)24-45-35-30(23-41-45)34(39-25-40-35)42-16-18-43(19-17-42)36(46)27-8-11-37(12-9-27)31-22-33(49-3)32(48-2)21-28(31)10-15-44(37)14-5-13-38/h4,6-7,20-23,25,27H,5,8-19,24,38H2,1-3H3. The van der Waals surface area contributed by atoms with Crippen molar-refractivity contribution in [3.63, 3.8) is 0 Å². The predicted molar refractivity (Wildman–Crippen MR) is 188 cm³/mol. The van der Waals surface area contributed by atoms with E-state index in [0.717, 1.165) is 104 Å². The van der Waals surface area contributed by atoms with Gasteiger partial charge in [0, 0.05) is 50.7 Å². The minimum atomic E-state index is -0.118. The molecule has 2 aliphatic heterocycles. The Balaban J connectivity index is 1.02. The molecule has 0 radical (unpaired) electrons. The van der Waals surface area contributed by atoms with Gasteiger partial charge in [-0.3, -0.25) is 9.69 Å². The Labute approximate surface area is 288 Å². The van der Waals surface area contributed by atoms with Crippen LogP contribution in [0.5, 0.6) is 17.2 Å². The number of anilines is 1. The predicted octanol–water partition coefficient (Wildman–Crippen LogP) is 3.84. The molecule has 12 nitrogen and oxygen atoms in total. The molecule has 1 spiro atoms. The van der Waals surface area contributed by atoms with Crippen LogP contribution in [0.4, 0.5) is 5.82 Å². The lowest BCUT2D eigenvalue weighted by atomic mass is 9.68. The number of piperazine rings is 1. The molecule has 1 amide bonds. The summed E-state index contributed by atoms with van der Waals surface area (Å²) in [5.41, 5.74) is 10.4. The van der Waals surface area contributed by atoms with E-state index in [4.69, 9.17) is 19.9 Å². The van der Waals surface area contributed by atoms with Gasteiger partial charge in [-0.1, -0.05) is 12.1 Å². The lowest BCUT2D eigenvalue weighted by Gasteiger charge is -2.52. The fourth-order valence-corrected chi connectivity index (χ4v) is 8.33. The molecule has 4 heterocycles. The zero-order chi connectivity index (χ0) is 34.0. The van der Waals surface area contributed by atoms with Crippen molar-refractivity contribution in [3.05, 3.63) is 65.6 Å². The van der Waals surface area contributed by atoms with Gasteiger partial charge in [0.2, 0.25) is 5.91 Å². The molecule has 2 fully saturated rings. The van der Waals surface area contributed by atoms with E-state index in [1.54, 1.807) is 27.7 Å². The number of aromatic nitrogens is 4. The van der Waals surface area contributed by atoms with E-state index in [0.29, 0.717) is 26.2 Å². The van der Waals surface area contributed by atoms with E-state index in [-0.39, 0.29) is 17.4 Å². The van der Waals surface area contributed by atoms with Crippen LogP contribution >= 0.6 is 0 Å². The number of amides is 1. The molecule has 1 saturated heterocycles. The number of ether oxygens (including phenoxy) is 3. The molecule has 0 unspecified atom stereocenters. The summed E-state index contributed by atoms with van der Waals surface area (Å²) in [6.07, 6.45) is 9.00. The second kappa shape index (κ2) is 14.2. The number of hydrogen-bond acceptors (Lipinski definition) is 10. The Morgan fingerprint density at radius 1 is 0.959 bits per heavy atom. The van der Waals surface area contributed by atoms with Crippen LogP contribution in [-0.2, 0) is 23.3 Å². The zero-order valence-electron chi connectivity index (χ0n) is 28.9. The van der Waals surface area contributed by atoms with Crippen LogP contribution in [0.15, 0.2) is 48.9 Å². The smallest absolute Gasteiger partial charge is 0.225 e. The Morgan fingerprint density at radius 3 is 2.47 bits per heavy atom. The highest BCUT2D eigenvalue weighted by Crippen LogP contribution is 2.50. The Bertz CT molecular complexity index is 1780. The van der Waals surface area contributed by atoms with E-state index >= 15 is 0 Å². The van der Waals surface area contributed by atoms with Crippen molar-refractivity contribution in [2.75, 3.05) is 72.0 Å². The first kappa shape index (κ1) is 33.1. The number of hydrogen-bond donors (Lipinski definition) is 1. The number of fused-ring (bicyclic) bond motifs is 3. The Hall–Kier alpha value is -4.42. The SMILES string of the molecule is COc1cccc(Cn2ncc3c(N4CCN(C(=O)C5CCC6(CC5)c5cc(OC)c(OC)cc5CCN6CCCN)CC4)ncnc32)c1. The number of methoxy groups -OCH3 is 3. The first-order chi connectivity index (χ1) is 24.0. The third kappa shape index (κ3) is 6.27. The van der Waals surface area contributed by atoms with E-state index in [1.165, 1.54) is 11.1 Å². The summed E-state index contributed by atoms with van der Waals surface area (Å²) in [7, 11) is 5.07. The maximum atomic E-state index is 14.0. The summed E-state index contributed by atoms with van der Waals surface area (Å²) in [5, 5.41) is 5.58. The highest BCUT2D eigenvalue weighted by Gasteiger charge is 2.47. The molecular weight excluding hydrogens is 620 g/mol. The minimum Gasteiger partial charge on any atom is -0.497 e. The maximum absolute atomic E-state index is 14.0. The van der Waals surface area contributed by atoms with Crippen molar-refractivity contribution in [3.8, 4) is 17.2 Å². The molecule has 0 atom stereocenters. The lowest BCUT2D eigenvalue weighted by molar-refractivity contribution is -0.138. The molecular formula is C37H48N8O4. The average Bonchev–Trinajstić information content (AvgIpc) is 3.57. The third-order valence-electron chi connectivity index (χ3n) is 10.9. The van der Waals surface area contributed by atoms with E-state index in [9.17, 15) is 4.79 Å². The maximum Gasteiger partial charge on any atom is 0.225 e. The first-order valence-electron chi connectivity index (χ1n) is 17.5. The fourth-order valence-electron chi connectivity index (χ4n) is 8.33. The lowest BCUT2D eigenvalue weighted by Crippen LogP contribution is -2.55. The topological polar surface area (TPSA) is 124 Å². The molecule has 2 aromatic heterocycles. The first-order valence-corrected chi connectivity index (χ1v) is 17.5. The Morgan fingerprint density at radius 2 is 1.73 bits per heavy atom. The van der Waals surface area contributed by atoms with Crippen molar-refractivity contribution in [2.24, 2.45) is 11.7 Å². The van der Waals surface area contributed by atoms with Gasteiger partial charge in [-0.05, 0) is 86.0 Å². The molecule has 7 rings (SSSR count). The molecule has 2 N–H and O–H groups in total. The van der Waals surface area contributed by atoms with Crippen LogP contribution < -0.4 is 24.8 Å². The normalized spacial score (nSPS) is 21.2. The van der Waals surface area contributed by atoms with Gasteiger partial charge in [0.05, 0.1) is 39.5 Å². The molecule has 2 aromatic carbocycles. The highest BCUT2D eigenvalue weighted by atomic mass is 16.5. The number of benzene rings is 2. The van der Waals surface area contributed by atoms with Crippen LogP contribution in [0.2, 0.25) is 0 Å². The summed E-state index contributed by atoms with van der Waals surface area (Å²) in [5.74, 6) is 3.54. The third-order valence-corrected chi connectivity index (χ3v) is 10.9. The number of carbonyl (C=O) groups excluding carboxylic acids is 1. The summed E-state index contributed by atoms with van der Waals surface area (Å²) in [6.45, 7) is 5.98. The van der Waals surface area contributed by atoms with E-state index in [2.05, 4.69) is 48.0 Å². The minimum absolute atomic E-state index is 0.0275. The van der Waals surface area contributed by atoms with Crippen LogP contribution in [-0.4, -0.2) is 103 Å². The molecule has 1 aliphatic carbocycles. The second-order valence-electron chi connectivity index (χ2n) is 13.5. The summed E-state index contributed by atoms with van der Waals surface area (Å²) < 4.78 is 18.7. The number of nitrogens with two attached hydrogens (primary N) is 1. The monoisotopic (exact) mass is 668 g/mol. The molecule has 4 aromatic rings.